The summed E-state index contributed by atoms with van der Waals surface area (Å²) < 4.78 is 14.5. The first kappa shape index (κ1) is 22.7. The first-order chi connectivity index (χ1) is 15.5. The number of amides is 1. The van der Waals surface area contributed by atoms with Crippen LogP contribution < -0.4 is 4.90 Å². The summed E-state index contributed by atoms with van der Waals surface area (Å²) in [6.07, 6.45) is 5.48. The van der Waals surface area contributed by atoms with Crippen molar-refractivity contribution in [3.8, 4) is 0 Å². The number of carbonyl (C=O) groups is 1. The second-order valence-corrected chi connectivity index (χ2v) is 9.20. The van der Waals surface area contributed by atoms with E-state index in [0.29, 0.717) is 17.9 Å². The number of rotatable bonds is 7. The molecule has 0 N–H and O–H groups in total. The van der Waals surface area contributed by atoms with Crippen LogP contribution in [0.2, 0.25) is 0 Å². The quantitative estimate of drug-likeness (QED) is 0.627. The van der Waals surface area contributed by atoms with Crippen molar-refractivity contribution in [2.45, 2.75) is 65.2 Å². The van der Waals surface area contributed by atoms with Gasteiger partial charge in [0.15, 0.2) is 0 Å². The highest BCUT2D eigenvalue weighted by Crippen LogP contribution is 2.31. The van der Waals surface area contributed by atoms with Crippen molar-refractivity contribution in [3.63, 3.8) is 0 Å². The smallest absolute Gasteiger partial charge is 0.225 e. The summed E-state index contributed by atoms with van der Waals surface area (Å²) in [6, 6.07) is 6.96. The number of aryl methyl sites for hydroxylation is 1. The summed E-state index contributed by atoms with van der Waals surface area (Å²) in [7, 11) is 0. The van der Waals surface area contributed by atoms with Crippen LogP contribution >= 0.6 is 0 Å². The summed E-state index contributed by atoms with van der Waals surface area (Å²) in [5.41, 5.74) is 2.69. The van der Waals surface area contributed by atoms with Gasteiger partial charge < -0.3 is 9.80 Å². The van der Waals surface area contributed by atoms with E-state index in [-0.39, 0.29) is 17.7 Å². The summed E-state index contributed by atoms with van der Waals surface area (Å²) in [5, 5.41) is 0. The van der Waals surface area contributed by atoms with Crippen molar-refractivity contribution in [1.29, 1.82) is 0 Å². The average molecular weight is 439 g/mol. The Morgan fingerprint density at radius 3 is 2.44 bits per heavy atom. The standard InChI is InChI=1S/C26H35FN4O/c1-4-18(3)24-28-23(5-2)21(17-20-9-6-7-12-22(20)27)25(29-24)30-13-15-31(16-14-30)26(32)19-10-8-11-19/h6-7,9,12,18-19H,4-5,8,10-11,13-17H2,1-3H3/t18-/m0/s1. The highest BCUT2D eigenvalue weighted by Gasteiger charge is 2.32. The zero-order valence-corrected chi connectivity index (χ0v) is 19.6. The molecule has 2 heterocycles. The molecule has 1 aliphatic heterocycles. The average Bonchev–Trinajstić information content (AvgIpc) is 2.79. The van der Waals surface area contributed by atoms with Crippen molar-refractivity contribution in [3.05, 3.63) is 52.7 Å². The number of hydrogen-bond donors (Lipinski definition) is 0. The fourth-order valence-electron chi connectivity index (χ4n) is 4.56. The van der Waals surface area contributed by atoms with E-state index in [0.717, 1.165) is 74.8 Å². The molecule has 0 unspecified atom stereocenters. The number of nitrogens with zero attached hydrogens (tertiary/aromatic N) is 4. The number of hydrogen-bond acceptors (Lipinski definition) is 4. The van der Waals surface area contributed by atoms with Gasteiger partial charge in [0.1, 0.15) is 17.5 Å². The van der Waals surface area contributed by atoms with Crippen molar-refractivity contribution in [2.24, 2.45) is 5.92 Å². The number of aromatic nitrogens is 2. The normalized spacial score (nSPS) is 17.9. The van der Waals surface area contributed by atoms with Gasteiger partial charge >= 0.3 is 0 Å². The number of carbonyl (C=O) groups excluding carboxylic acids is 1. The maximum atomic E-state index is 14.5. The topological polar surface area (TPSA) is 49.3 Å². The van der Waals surface area contributed by atoms with Crippen LogP contribution in [0.15, 0.2) is 24.3 Å². The van der Waals surface area contributed by atoms with Gasteiger partial charge in [-0.1, -0.05) is 45.4 Å². The van der Waals surface area contributed by atoms with Gasteiger partial charge in [-0.05, 0) is 37.3 Å². The van der Waals surface area contributed by atoms with Gasteiger partial charge in [-0.3, -0.25) is 4.79 Å². The minimum absolute atomic E-state index is 0.192. The molecule has 1 aromatic heterocycles. The largest absolute Gasteiger partial charge is 0.353 e. The van der Waals surface area contributed by atoms with Crippen LogP contribution in [0.25, 0.3) is 0 Å². The third-order valence-corrected chi connectivity index (χ3v) is 7.15. The van der Waals surface area contributed by atoms with Gasteiger partial charge in [-0.2, -0.15) is 0 Å². The van der Waals surface area contributed by atoms with E-state index >= 15 is 0 Å². The molecule has 0 spiro atoms. The minimum atomic E-state index is -0.192. The maximum absolute atomic E-state index is 14.5. The molecule has 0 bridgehead atoms. The molecule has 4 rings (SSSR count). The van der Waals surface area contributed by atoms with Gasteiger partial charge in [0.2, 0.25) is 5.91 Å². The van der Waals surface area contributed by atoms with Gasteiger partial charge in [0, 0.05) is 55.7 Å². The van der Waals surface area contributed by atoms with Crippen LogP contribution in [-0.4, -0.2) is 47.0 Å². The number of benzene rings is 1. The van der Waals surface area contributed by atoms with Crippen LogP contribution in [0.4, 0.5) is 10.2 Å². The molecular weight excluding hydrogens is 403 g/mol. The van der Waals surface area contributed by atoms with Gasteiger partial charge in [0.25, 0.3) is 0 Å². The molecule has 2 aliphatic rings. The SMILES string of the molecule is CCc1nc([C@@H](C)CC)nc(N2CCN(C(=O)C3CCC3)CC2)c1Cc1ccccc1F. The Morgan fingerprint density at radius 2 is 1.84 bits per heavy atom. The van der Waals surface area contributed by atoms with Crippen LogP contribution in [0.1, 0.15) is 75.0 Å². The first-order valence-corrected chi connectivity index (χ1v) is 12.2. The lowest BCUT2D eigenvalue weighted by molar-refractivity contribution is -0.138. The Balaban J connectivity index is 1.64. The zero-order valence-electron chi connectivity index (χ0n) is 19.6. The Kier molecular flexibility index (Phi) is 7.07. The van der Waals surface area contributed by atoms with E-state index < -0.39 is 0 Å². The van der Waals surface area contributed by atoms with Crippen LogP contribution in [0.5, 0.6) is 0 Å². The fourth-order valence-corrected chi connectivity index (χ4v) is 4.56. The molecule has 172 valence electrons. The zero-order chi connectivity index (χ0) is 22.7. The summed E-state index contributed by atoms with van der Waals surface area (Å²) in [5.74, 6) is 2.42. The van der Waals surface area contributed by atoms with Crippen LogP contribution in [0.3, 0.4) is 0 Å². The van der Waals surface area contributed by atoms with E-state index in [1.807, 2.05) is 17.0 Å². The van der Waals surface area contributed by atoms with E-state index in [4.69, 9.17) is 9.97 Å². The molecule has 2 aromatic rings. The second kappa shape index (κ2) is 9.97. The first-order valence-electron chi connectivity index (χ1n) is 12.2. The van der Waals surface area contributed by atoms with Gasteiger partial charge in [-0.15, -0.1) is 0 Å². The van der Waals surface area contributed by atoms with E-state index in [9.17, 15) is 9.18 Å². The fraction of sp³-hybridized carbons (Fsp3) is 0.577. The Bertz CT molecular complexity index is 951. The molecular formula is C26H35FN4O. The van der Waals surface area contributed by atoms with Crippen molar-refractivity contribution in [2.75, 3.05) is 31.1 Å². The van der Waals surface area contributed by atoms with Gasteiger partial charge in [0.05, 0.1) is 0 Å². The highest BCUT2D eigenvalue weighted by molar-refractivity contribution is 5.80. The monoisotopic (exact) mass is 438 g/mol. The third-order valence-electron chi connectivity index (χ3n) is 7.15. The van der Waals surface area contributed by atoms with Crippen LogP contribution in [-0.2, 0) is 17.6 Å². The van der Waals surface area contributed by atoms with E-state index in [2.05, 4.69) is 25.7 Å². The molecule has 1 saturated carbocycles. The number of piperazine rings is 1. The lowest BCUT2D eigenvalue weighted by Crippen LogP contribution is -2.51. The highest BCUT2D eigenvalue weighted by atomic mass is 19.1. The predicted molar refractivity (Wildman–Crippen MR) is 125 cm³/mol. The molecule has 2 fully saturated rings. The predicted octanol–water partition coefficient (Wildman–Crippen LogP) is 4.73. The van der Waals surface area contributed by atoms with E-state index in [1.54, 1.807) is 6.07 Å². The molecule has 0 radical (unpaired) electrons. The Labute approximate surface area is 191 Å². The lowest BCUT2D eigenvalue weighted by Gasteiger charge is -2.39. The summed E-state index contributed by atoms with van der Waals surface area (Å²) >= 11 is 0. The molecule has 1 aliphatic carbocycles. The van der Waals surface area contributed by atoms with Crippen LogP contribution in [0, 0.1) is 11.7 Å². The molecule has 5 nitrogen and oxygen atoms in total. The van der Waals surface area contributed by atoms with Crippen molar-refractivity contribution >= 4 is 11.7 Å². The molecule has 6 heteroatoms. The minimum Gasteiger partial charge on any atom is -0.353 e. The van der Waals surface area contributed by atoms with Crippen molar-refractivity contribution < 1.29 is 9.18 Å². The Morgan fingerprint density at radius 1 is 1.12 bits per heavy atom. The third kappa shape index (κ3) is 4.64. The molecule has 1 aromatic carbocycles. The Hall–Kier alpha value is -2.50. The van der Waals surface area contributed by atoms with E-state index in [1.165, 1.54) is 12.5 Å². The summed E-state index contributed by atoms with van der Waals surface area (Å²) in [4.78, 5) is 26.9. The number of anilines is 1. The molecule has 32 heavy (non-hydrogen) atoms. The van der Waals surface area contributed by atoms with Gasteiger partial charge in [-0.25, -0.2) is 14.4 Å². The van der Waals surface area contributed by atoms with Crippen molar-refractivity contribution in [1.82, 2.24) is 14.9 Å². The lowest BCUT2D eigenvalue weighted by atomic mass is 9.84. The molecule has 1 atom stereocenters. The second-order valence-electron chi connectivity index (χ2n) is 9.20. The molecule has 1 saturated heterocycles. The number of halogens is 1. The molecule has 1 amide bonds. The maximum Gasteiger partial charge on any atom is 0.225 e. The summed E-state index contributed by atoms with van der Waals surface area (Å²) in [6.45, 7) is 9.36.